The number of aliphatic hydroxyl groups is 1. The molecule has 0 bridgehead atoms. The molecule has 0 aliphatic heterocycles. The van der Waals surface area contributed by atoms with Gasteiger partial charge in [-0.2, -0.15) is 0 Å². The molecule has 0 fully saturated rings. The molecule has 0 saturated heterocycles. The highest BCUT2D eigenvalue weighted by Gasteiger charge is 2.06. The highest BCUT2D eigenvalue weighted by atomic mass is 16.5. The Labute approximate surface area is 137 Å². The normalized spacial score (nSPS) is 12.2. The van der Waals surface area contributed by atoms with E-state index in [-0.39, 0.29) is 12.4 Å². The van der Waals surface area contributed by atoms with Crippen LogP contribution in [0.15, 0.2) is 48.5 Å². The van der Waals surface area contributed by atoms with Crippen molar-refractivity contribution in [3.05, 3.63) is 54.1 Å². The molecule has 3 N–H and O–H groups in total. The molecule has 124 valence electrons. The van der Waals surface area contributed by atoms with Gasteiger partial charge in [-0.1, -0.05) is 18.2 Å². The SMILES string of the molecule is CN(C)CC(O)COc1ccc(NCc2ccccc2O)cc1. The van der Waals surface area contributed by atoms with E-state index in [0.29, 0.717) is 13.1 Å². The van der Waals surface area contributed by atoms with Crippen LogP contribution in [-0.2, 0) is 6.54 Å². The maximum Gasteiger partial charge on any atom is 0.120 e. The molecule has 1 atom stereocenters. The summed E-state index contributed by atoms with van der Waals surface area (Å²) in [5.41, 5.74) is 1.79. The molecule has 0 aliphatic carbocycles. The van der Waals surface area contributed by atoms with Crippen molar-refractivity contribution < 1.29 is 14.9 Å². The Morgan fingerprint density at radius 1 is 1.09 bits per heavy atom. The summed E-state index contributed by atoms with van der Waals surface area (Å²) in [6, 6.07) is 14.8. The van der Waals surface area contributed by atoms with E-state index in [1.54, 1.807) is 12.1 Å². The Bertz CT molecular complexity index is 599. The maximum absolute atomic E-state index is 9.77. The van der Waals surface area contributed by atoms with Crippen molar-refractivity contribution in [2.45, 2.75) is 12.6 Å². The van der Waals surface area contributed by atoms with Crippen LogP contribution in [-0.4, -0.2) is 48.5 Å². The van der Waals surface area contributed by atoms with Gasteiger partial charge in [-0.05, 0) is 44.4 Å². The molecule has 5 nitrogen and oxygen atoms in total. The minimum Gasteiger partial charge on any atom is -0.508 e. The lowest BCUT2D eigenvalue weighted by atomic mass is 10.2. The van der Waals surface area contributed by atoms with Gasteiger partial charge in [-0.3, -0.25) is 0 Å². The second-order valence-corrected chi connectivity index (χ2v) is 5.73. The van der Waals surface area contributed by atoms with E-state index >= 15 is 0 Å². The molecule has 0 saturated carbocycles. The van der Waals surface area contributed by atoms with Crippen molar-refractivity contribution in [3.63, 3.8) is 0 Å². The second-order valence-electron chi connectivity index (χ2n) is 5.73. The molecule has 0 aliphatic rings. The molecule has 2 aromatic carbocycles. The molecular weight excluding hydrogens is 292 g/mol. The first-order valence-electron chi connectivity index (χ1n) is 7.61. The number of likely N-dealkylation sites (N-methyl/N-ethyl adjacent to an activating group) is 1. The first kappa shape index (κ1) is 17.1. The quantitative estimate of drug-likeness (QED) is 0.697. The monoisotopic (exact) mass is 316 g/mol. The largest absolute Gasteiger partial charge is 0.508 e. The summed E-state index contributed by atoms with van der Waals surface area (Å²) in [6.45, 7) is 1.39. The van der Waals surface area contributed by atoms with E-state index in [4.69, 9.17) is 4.74 Å². The number of nitrogens with one attached hydrogen (secondary N) is 1. The molecule has 2 aromatic rings. The minimum absolute atomic E-state index is 0.267. The zero-order valence-corrected chi connectivity index (χ0v) is 13.6. The summed E-state index contributed by atoms with van der Waals surface area (Å²) in [4.78, 5) is 1.92. The first-order chi connectivity index (χ1) is 11.0. The van der Waals surface area contributed by atoms with Gasteiger partial charge in [0.2, 0.25) is 0 Å². The summed E-state index contributed by atoms with van der Waals surface area (Å²) >= 11 is 0. The van der Waals surface area contributed by atoms with Gasteiger partial charge in [0.25, 0.3) is 0 Å². The van der Waals surface area contributed by atoms with Crippen LogP contribution in [0.25, 0.3) is 0 Å². The number of aromatic hydroxyl groups is 1. The molecule has 0 amide bonds. The fourth-order valence-corrected chi connectivity index (χ4v) is 2.19. The van der Waals surface area contributed by atoms with Crippen LogP contribution < -0.4 is 10.1 Å². The summed E-state index contributed by atoms with van der Waals surface area (Å²) in [7, 11) is 3.82. The van der Waals surface area contributed by atoms with Gasteiger partial charge in [0.15, 0.2) is 0 Å². The molecule has 0 heterocycles. The summed E-state index contributed by atoms with van der Waals surface area (Å²) in [5.74, 6) is 1.01. The lowest BCUT2D eigenvalue weighted by Crippen LogP contribution is -2.30. The fourth-order valence-electron chi connectivity index (χ4n) is 2.19. The van der Waals surface area contributed by atoms with Crippen molar-refractivity contribution in [2.24, 2.45) is 0 Å². The lowest BCUT2D eigenvalue weighted by Gasteiger charge is -2.16. The summed E-state index contributed by atoms with van der Waals surface area (Å²) in [5, 5.41) is 22.7. The topological polar surface area (TPSA) is 65.0 Å². The number of nitrogens with zero attached hydrogens (tertiary/aromatic N) is 1. The van der Waals surface area contributed by atoms with Crippen molar-refractivity contribution in [1.82, 2.24) is 4.90 Å². The van der Waals surface area contributed by atoms with E-state index in [1.807, 2.05) is 55.4 Å². The number of phenols is 1. The van der Waals surface area contributed by atoms with E-state index in [2.05, 4.69) is 5.32 Å². The molecule has 23 heavy (non-hydrogen) atoms. The van der Waals surface area contributed by atoms with E-state index in [0.717, 1.165) is 17.0 Å². The van der Waals surface area contributed by atoms with Crippen LogP contribution in [0.1, 0.15) is 5.56 Å². The molecule has 1 unspecified atom stereocenters. The molecule has 0 spiro atoms. The van der Waals surface area contributed by atoms with Crippen LogP contribution in [0.4, 0.5) is 5.69 Å². The van der Waals surface area contributed by atoms with Crippen molar-refractivity contribution in [2.75, 3.05) is 32.6 Å². The third kappa shape index (κ3) is 5.81. The highest BCUT2D eigenvalue weighted by molar-refractivity contribution is 5.47. The lowest BCUT2D eigenvalue weighted by molar-refractivity contribution is 0.0831. The maximum atomic E-state index is 9.77. The predicted molar refractivity (Wildman–Crippen MR) is 91.9 cm³/mol. The zero-order chi connectivity index (χ0) is 16.7. The minimum atomic E-state index is -0.510. The van der Waals surface area contributed by atoms with E-state index in [1.165, 1.54) is 0 Å². The number of ether oxygens (including phenoxy) is 1. The summed E-state index contributed by atoms with van der Waals surface area (Å²) in [6.07, 6.45) is -0.510. The molecule has 0 radical (unpaired) electrons. The number of benzene rings is 2. The van der Waals surface area contributed by atoms with Crippen LogP contribution in [0, 0.1) is 0 Å². The number of para-hydroxylation sites is 1. The number of hydrogen-bond acceptors (Lipinski definition) is 5. The van der Waals surface area contributed by atoms with Crippen LogP contribution in [0.3, 0.4) is 0 Å². The van der Waals surface area contributed by atoms with Gasteiger partial charge in [-0.25, -0.2) is 0 Å². The second kappa shape index (κ2) is 8.41. The summed E-state index contributed by atoms with van der Waals surface area (Å²) < 4.78 is 5.56. The molecule has 2 rings (SSSR count). The molecular formula is C18H24N2O3. The van der Waals surface area contributed by atoms with E-state index in [9.17, 15) is 10.2 Å². The van der Waals surface area contributed by atoms with Gasteiger partial charge in [0.05, 0.1) is 0 Å². The average molecular weight is 316 g/mol. The van der Waals surface area contributed by atoms with Gasteiger partial charge in [0.1, 0.15) is 24.2 Å². The molecule has 5 heteroatoms. The Kier molecular flexibility index (Phi) is 6.26. The third-order valence-electron chi connectivity index (χ3n) is 3.35. The number of hydrogen-bond donors (Lipinski definition) is 3. The standard InChI is InChI=1S/C18H24N2O3/c1-20(2)12-16(21)13-23-17-9-7-15(8-10-17)19-11-14-5-3-4-6-18(14)22/h3-10,16,19,21-22H,11-13H2,1-2H3. The Morgan fingerprint density at radius 2 is 1.78 bits per heavy atom. The highest BCUT2D eigenvalue weighted by Crippen LogP contribution is 2.19. The zero-order valence-electron chi connectivity index (χ0n) is 13.6. The van der Waals surface area contributed by atoms with Crippen LogP contribution in [0.2, 0.25) is 0 Å². The third-order valence-corrected chi connectivity index (χ3v) is 3.35. The number of phenolic OH excluding ortho intramolecular Hbond substituents is 1. The van der Waals surface area contributed by atoms with Gasteiger partial charge < -0.3 is 25.2 Å². The van der Waals surface area contributed by atoms with Crippen molar-refractivity contribution in [1.29, 1.82) is 0 Å². The first-order valence-corrected chi connectivity index (χ1v) is 7.61. The van der Waals surface area contributed by atoms with Crippen LogP contribution >= 0.6 is 0 Å². The Morgan fingerprint density at radius 3 is 2.43 bits per heavy atom. The smallest absolute Gasteiger partial charge is 0.120 e. The molecule has 0 aromatic heterocycles. The fraction of sp³-hybridized carbons (Fsp3) is 0.333. The Hall–Kier alpha value is -2.24. The van der Waals surface area contributed by atoms with Gasteiger partial charge in [-0.15, -0.1) is 0 Å². The average Bonchev–Trinajstić information content (AvgIpc) is 2.52. The number of rotatable bonds is 8. The Balaban J connectivity index is 1.81. The number of aliphatic hydroxyl groups excluding tert-OH is 1. The van der Waals surface area contributed by atoms with Gasteiger partial charge >= 0.3 is 0 Å². The van der Waals surface area contributed by atoms with Crippen LogP contribution in [0.5, 0.6) is 11.5 Å². The predicted octanol–water partition coefficient (Wildman–Crippen LogP) is 2.31. The number of anilines is 1. The van der Waals surface area contributed by atoms with Crippen molar-refractivity contribution in [3.8, 4) is 11.5 Å². The van der Waals surface area contributed by atoms with E-state index < -0.39 is 6.10 Å². The van der Waals surface area contributed by atoms with Gasteiger partial charge in [0, 0.05) is 24.3 Å². The van der Waals surface area contributed by atoms with Crippen molar-refractivity contribution >= 4 is 5.69 Å².